The molecule has 0 atom stereocenters. The van der Waals surface area contributed by atoms with Crippen molar-refractivity contribution in [3.63, 3.8) is 0 Å². The Balaban J connectivity index is 0.951. The third kappa shape index (κ3) is 6.80. The van der Waals surface area contributed by atoms with Crippen LogP contribution in [0.4, 0.5) is 17.3 Å². The van der Waals surface area contributed by atoms with Gasteiger partial charge in [-0.25, -0.2) is 14.6 Å². The number of aromatic nitrogens is 5. The number of hydrogen-bond donors (Lipinski definition) is 2. The molecule has 11 nitrogen and oxygen atoms in total. The van der Waals surface area contributed by atoms with Crippen LogP contribution in [0.5, 0.6) is 11.5 Å². The zero-order valence-corrected chi connectivity index (χ0v) is 23.6. The number of nitrogen functional groups attached to an aromatic ring is 2. The third-order valence-electron chi connectivity index (χ3n) is 7.34. The number of hydrogen-bond acceptors (Lipinski definition) is 10. The first-order valence-electron chi connectivity index (χ1n) is 14.4. The summed E-state index contributed by atoms with van der Waals surface area (Å²) in [6.07, 6.45) is 6.80. The molecule has 0 unspecified atom stereocenters. The molecule has 1 aliphatic heterocycles. The zero-order valence-electron chi connectivity index (χ0n) is 23.6. The van der Waals surface area contributed by atoms with Crippen LogP contribution in [0.2, 0.25) is 0 Å². The van der Waals surface area contributed by atoms with Crippen molar-refractivity contribution in [2.75, 3.05) is 49.3 Å². The molecule has 4 heterocycles. The van der Waals surface area contributed by atoms with Crippen molar-refractivity contribution >= 4 is 39.1 Å². The summed E-state index contributed by atoms with van der Waals surface area (Å²) < 4.78 is 19.4. The van der Waals surface area contributed by atoms with Crippen LogP contribution in [0.25, 0.3) is 21.8 Å². The summed E-state index contributed by atoms with van der Waals surface area (Å²) in [5.41, 5.74) is 15.5. The van der Waals surface area contributed by atoms with E-state index in [4.69, 9.17) is 25.7 Å². The van der Waals surface area contributed by atoms with Gasteiger partial charge in [-0.3, -0.25) is 0 Å². The number of rotatable bonds is 11. The highest BCUT2D eigenvalue weighted by Gasteiger charge is 2.15. The number of nitrogens with two attached hydrogens (primary N) is 2. The maximum atomic E-state index is 6.13. The number of anilines is 3. The van der Waals surface area contributed by atoms with E-state index in [0.717, 1.165) is 57.8 Å². The molecule has 6 rings (SSSR count). The standard InChI is InChI=1S/C31H36N8O3/c32-30-10-5-22-17-24(6-8-27(22)34-30)42-21-23-20-39(37-36-23)13-14-40-15-16-41-25-7-9-28-26(18-25)29(19-31(33)35-28)38-11-3-1-2-4-12-38/h5-10,17-20H,1-4,11-16,21H2,(H2,32,34)(H2,33,35). The first-order chi connectivity index (χ1) is 20.6. The van der Waals surface area contributed by atoms with Gasteiger partial charge in [0.25, 0.3) is 0 Å². The van der Waals surface area contributed by atoms with Crippen molar-refractivity contribution in [3.05, 3.63) is 66.5 Å². The molecule has 1 fully saturated rings. The maximum Gasteiger partial charge on any atom is 0.134 e. The molecule has 0 aliphatic carbocycles. The molecule has 0 bridgehead atoms. The van der Waals surface area contributed by atoms with E-state index in [-0.39, 0.29) is 0 Å². The Morgan fingerprint density at radius 3 is 2.38 bits per heavy atom. The smallest absolute Gasteiger partial charge is 0.134 e. The summed E-state index contributed by atoms with van der Waals surface area (Å²) in [7, 11) is 0. The van der Waals surface area contributed by atoms with Crippen molar-refractivity contribution in [1.82, 2.24) is 25.0 Å². The molecule has 4 N–H and O–H groups in total. The van der Waals surface area contributed by atoms with Crippen LogP contribution in [0.15, 0.2) is 60.8 Å². The van der Waals surface area contributed by atoms with Crippen LogP contribution in [-0.4, -0.2) is 57.9 Å². The van der Waals surface area contributed by atoms with Crippen molar-refractivity contribution in [2.24, 2.45) is 0 Å². The molecular weight excluding hydrogens is 532 g/mol. The van der Waals surface area contributed by atoms with Crippen molar-refractivity contribution in [1.29, 1.82) is 0 Å². The van der Waals surface area contributed by atoms with E-state index in [1.807, 2.05) is 48.7 Å². The van der Waals surface area contributed by atoms with Gasteiger partial charge >= 0.3 is 0 Å². The van der Waals surface area contributed by atoms with Crippen molar-refractivity contribution < 1.29 is 14.2 Å². The molecule has 0 radical (unpaired) electrons. The lowest BCUT2D eigenvalue weighted by atomic mass is 10.1. The van der Waals surface area contributed by atoms with Crippen LogP contribution in [0.3, 0.4) is 0 Å². The Hall–Kier alpha value is -4.64. The van der Waals surface area contributed by atoms with Gasteiger partial charge in [0.2, 0.25) is 0 Å². The molecule has 42 heavy (non-hydrogen) atoms. The van der Waals surface area contributed by atoms with E-state index < -0.39 is 0 Å². The molecule has 0 amide bonds. The van der Waals surface area contributed by atoms with Gasteiger partial charge in [0.15, 0.2) is 0 Å². The Morgan fingerprint density at radius 1 is 0.738 bits per heavy atom. The number of fused-ring (bicyclic) bond motifs is 2. The molecule has 1 saturated heterocycles. The highest BCUT2D eigenvalue weighted by Crippen LogP contribution is 2.32. The summed E-state index contributed by atoms with van der Waals surface area (Å²) in [6, 6.07) is 17.3. The van der Waals surface area contributed by atoms with E-state index in [2.05, 4.69) is 31.2 Å². The Bertz CT molecular complexity index is 1650. The predicted octanol–water partition coefficient (Wildman–Crippen LogP) is 4.59. The van der Waals surface area contributed by atoms with Gasteiger partial charge < -0.3 is 30.6 Å². The molecule has 0 spiro atoms. The quantitative estimate of drug-likeness (QED) is 0.217. The molecule has 2 aromatic carbocycles. The van der Waals surface area contributed by atoms with Crippen LogP contribution in [0, 0.1) is 0 Å². The Labute approximate surface area is 244 Å². The molecule has 11 heteroatoms. The fourth-order valence-corrected chi connectivity index (χ4v) is 5.23. The molecule has 218 valence electrons. The molecule has 5 aromatic rings. The maximum absolute atomic E-state index is 6.13. The van der Waals surface area contributed by atoms with Gasteiger partial charge in [0, 0.05) is 35.6 Å². The Morgan fingerprint density at radius 2 is 1.52 bits per heavy atom. The van der Waals surface area contributed by atoms with Gasteiger partial charge in [-0.1, -0.05) is 18.1 Å². The van der Waals surface area contributed by atoms with Crippen molar-refractivity contribution in [2.45, 2.75) is 38.8 Å². The van der Waals surface area contributed by atoms with Gasteiger partial charge in [-0.15, -0.1) is 5.10 Å². The normalized spacial score (nSPS) is 13.9. The lowest BCUT2D eigenvalue weighted by Gasteiger charge is -2.24. The van der Waals surface area contributed by atoms with E-state index in [0.29, 0.717) is 44.6 Å². The van der Waals surface area contributed by atoms with Gasteiger partial charge in [-0.05, 0) is 61.4 Å². The minimum absolute atomic E-state index is 0.315. The first kappa shape index (κ1) is 27.5. The minimum Gasteiger partial charge on any atom is -0.491 e. The first-order valence-corrected chi connectivity index (χ1v) is 14.4. The fraction of sp³-hybridized carbons (Fsp3) is 0.355. The van der Waals surface area contributed by atoms with Gasteiger partial charge in [0.05, 0.1) is 37.0 Å². The second-order valence-electron chi connectivity index (χ2n) is 10.5. The van der Waals surface area contributed by atoms with E-state index in [1.165, 1.54) is 25.7 Å². The van der Waals surface area contributed by atoms with Gasteiger partial charge in [0.1, 0.15) is 42.0 Å². The highest BCUT2D eigenvalue weighted by molar-refractivity contribution is 5.94. The monoisotopic (exact) mass is 568 g/mol. The number of ether oxygens (including phenoxy) is 3. The lowest BCUT2D eigenvalue weighted by Crippen LogP contribution is -2.24. The summed E-state index contributed by atoms with van der Waals surface area (Å²) in [6.45, 7) is 4.37. The number of nitrogens with zero attached hydrogens (tertiary/aromatic N) is 6. The van der Waals surface area contributed by atoms with Gasteiger partial charge in [-0.2, -0.15) is 0 Å². The summed E-state index contributed by atoms with van der Waals surface area (Å²) in [5.74, 6) is 2.57. The molecule has 0 saturated carbocycles. The van der Waals surface area contributed by atoms with E-state index in [9.17, 15) is 0 Å². The van der Waals surface area contributed by atoms with Crippen LogP contribution >= 0.6 is 0 Å². The van der Waals surface area contributed by atoms with Crippen LogP contribution in [0.1, 0.15) is 31.4 Å². The molecular formula is C31H36N8O3. The average Bonchev–Trinajstić information content (AvgIpc) is 3.28. The largest absolute Gasteiger partial charge is 0.491 e. The highest BCUT2D eigenvalue weighted by atomic mass is 16.5. The predicted molar refractivity (Wildman–Crippen MR) is 164 cm³/mol. The SMILES string of the molecule is Nc1ccc2cc(OCc3cn(CCOCCOc4ccc5nc(N)cc(N6CCCCCC6)c5c4)nn3)ccc2n1. The topological polar surface area (TPSA) is 139 Å². The van der Waals surface area contributed by atoms with Crippen LogP contribution in [-0.2, 0) is 17.9 Å². The number of benzene rings is 2. The van der Waals surface area contributed by atoms with E-state index >= 15 is 0 Å². The second kappa shape index (κ2) is 12.9. The summed E-state index contributed by atoms with van der Waals surface area (Å²) in [4.78, 5) is 11.3. The molecule has 3 aromatic heterocycles. The van der Waals surface area contributed by atoms with E-state index in [1.54, 1.807) is 10.7 Å². The number of pyridine rings is 2. The Kier molecular flexibility index (Phi) is 8.46. The van der Waals surface area contributed by atoms with Crippen LogP contribution < -0.4 is 25.8 Å². The summed E-state index contributed by atoms with van der Waals surface area (Å²) in [5, 5.41) is 10.4. The lowest BCUT2D eigenvalue weighted by molar-refractivity contribution is 0.0924. The second-order valence-corrected chi connectivity index (χ2v) is 10.5. The third-order valence-corrected chi connectivity index (χ3v) is 7.34. The fourth-order valence-electron chi connectivity index (χ4n) is 5.23. The molecule has 1 aliphatic rings. The average molecular weight is 569 g/mol. The minimum atomic E-state index is 0.315. The zero-order chi connectivity index (χ0) is 28.7. The summed E-state index contributed by atoms with van der Waals surface area (Å²) >= 11 is 0. The van der Waals surface area contributed by atoms with Crippen molar-refractivity contribution in [3.8, 4) is 11.5 Å².